The molecule has 3 fully saturated rings. The van der Waals surface area contributed by atoms with Gasteiger partial charge in [-0.1, -0.05) is 65.5 Å². The fraction of sp³-hybridized carbons (Fsp3) is 0.679. The standard InChI is InChI=1S/C56H76I6N2O8/c1-32(2)11-10-12-33(3)40-19-20-41-37-18-17-34-27-35(23-25-55(34,4)42(37)24-26-56(40,41)5)71-49(67)21-22-50(68)72-36(30-69-47(65)15-8-6-13-38-43(57)28-45(59)53(63)51(38)61)31-70-48(66)16-9-7-14-39-44(58)29-46(60)54(64)52(39)62/h17,28-29,32-33,35-37,40-42H,6-16,18-27,30-31,63-64H2,1-5H3/t33-,35+,37?,40-,41?,42?,55+,56-/m1/s1. The smallest absolute Gasteiger partial charge is 0.306 e. The minimum absolute atomic E-state index is 0.131. The van der Waals surface area contributed by atoms with Crippen LogP contribution in [0.2, 0.25) is 0 Å². The molecule has 2 aromatic carbocycles. The lowest BCUT2D eigenvalue weighted by atomic mass is 9.47. The first-order chi connectivity index (χ1) is 34.1. The molecule has 10 nitrogen and oxygen atoms in total. The van der Waals surface area contributed by atoms with Crippen LogP contribution in [0.1, 0.15) is 168 Å². The average Bonchev–Trinajstić information content (AvgIpc) is 3.69. The van der Waals surface area contributed by atoms with Crippen molar-refractivity contribution in [3.05, 3.63) is 56.3 Å². The van der Waals surface area contributed by atoms with Crippen LogP contribution < -0.4 is 11.5 Å². The Hall–Kier alpha value is 0.0400. The predicted molar refractivity (Wildman–Crippen MR) is 337 cm³/mol. The second-order valence-electron chi connectivity index (χ2n) is 22.1. The lowest BCUT2D eigenvalue weighted by Gasteiger charge is -2.58. The van der Waals surface area contributed by atoms with Gasteiger partial charge in [0.15, 0.2) is 6.10 Å². The van der Waals surface area contributed by atoms with Crippen LogP contribution in [0, 0.1) is 67.8 Å². The number of ether oxygens (including phenoxy) is 4. The number of esters is 4. The third-order valence-corrected chi connectivity index (χ3v) is 23.1. The van der Waals surface area contributed by atoms with Gasteiger partial charge in [0.1, 0.15) is 19.3 Å². The Morgan fingerprint density at radius 1 is 0.653 bits per heavy atom. The molecule has 0 saturated heterocycles. The van der Waals surface area contributed by atoms with E-state index in [9.17, 15) is 19.2 Å². The first-order valence-corrected chi connectivity index (χ1v) is 32.8. The highest BCUT2D eigenvalue weighted by Gasteiger charge is 2.59. The van der Waals surface area contributed by atoms with Crippen molar-refractivity contribution in [1.29, 1.82) is 0 Å². The highest BCUT2D eigenvalue weighted by atomic mass is 127. The van der Waals surface area contributed by atoms with Crippen LogP contribution in [-0.2, 0) is 51.0 Å². The van der Waals surface area contributed by atoms with Gasteiger partial charge in [-0.15, -0.1) is 0 Å². The Kier molecular flexibility index (Phi) is 24.0. The van der Waals surface area contributed by atoms with Crippen LogP contribution in [0.4, 0.5) is 11.4 Å². The number of hydrogen-bond donors (Lipinski definition) is 2. The molecule has 0 radical (unpaired) electrons. The lowest BCUT2D eigenvalue weighted by Crippen LogP contribution is -2.51. The normalized spacial score (nSPS) is 25.0. The molecule has 0 heterocycles. The largest absolute Gasteiger partial charge is 0.462 e. The number of carbonyl (C=O) groups is 4. The molecular formula is C56H76I6N2O8. The van der Waals surface area contributed by atoms with Crippen LogP contribution in [0.5, 0.6) is 0 Å². The molecule has 0 aromatic heterocycles. The first-order valence-electron chi connectivity index (χ1n) is 26.4. The maximum absolute atomic E-state index is 13.3. The quantitative estimate of drug-likeness (QED) is 0.0259. The van der Waals surface area contributed by atoms with Crippen molar-refractivity contribution in [3.8, 4) is 0 Å². The van der Waals surface area contributed by atoms with Crippen molar-refractivity contribution in [2.75, 3.05) is 24.7 Å². The molecule has 3 unspecified atom stereocenters. The van der Waals surface area contributed by atoms with Crippen LogP contribution in [-0.4, -0.2) is 49.3 Å². The Bertz CT molecular complexity index is 2210. The van der Waals surface area contributed by atoms with Gasteiger partial charge in [-0.2, -0.15) is 0 Å². The number of benzene rings is 2. The number of fused-ring (bicyclic) bond motifs is 5. The monoisotopic (exact) mass is 1670 g/mol. The number of anilines is 2. The van der Waals surface area contributed by atoms with Crippen LogP contribution >= 0.6 is 136 Å². The summed E-state index contributed by atoms with van der Waals surface area (Å²) in [6, 6.07) is 4.14. The summed E-state index contributed by atoms with van der Waals surface area (Å²) in [6.07, 6.45) is 18.7. The maximum Gasteiger partial charge on any atom is 0.306 e. The molecule has 8 atom stereocenters. The summed E-state index contributed by atoms with van der Waals surface area (Å²) < 4.78 is 29.4. The van der Waals surface area contributed by atoms with Gasteiger partial charge < -0.3 is 30.4 Å². The van der Waals surface area contributed by atoms with E-state index in [1.807, 2.05) is 0 Å². The van der Waals surface area contributed by atoms with Gasteiger partial charge in [0.2, 0.25) is 0 Å². The molecule has 0 aliphatic heterocycles. The Morgan fingerprint density at radius 2 is 1.22 bits per heavy atom. The molecule has 400 valence electrons. The van der Waals surface area contributed by atoms with E-state index in [4.69, 9.17) is 30.4 Å². The third kappa shape index (κ3) is 15.9. The number of allylic oxidation sites excluding steroid dienone is 1. The van der Waals surface area contributed by atoms with Gasteiger partial charge in [-0.25, -0.2) is 0 Å². The van der Waals surface area contributed by atoms with Crippen molar-refractivity contribution in [1.82, 2.24) is 0 Å². The number of unbranched alkanes of at least 4 members (excludes halogenated alkanes) is 2. The van der Waals surface area contributed by atoms with E-state index in [1.165, 1.54) is 61.6 Å². The summed E-state index contributed by atoms with van der Waals surface area (Å²) >= 11 is 13.7. The van der Waals surface area contributed by atoms with Crippen molar-refractivity contribution in [2.45, 2.75) is 182 Å². The number of carbonyl (C=O) groups excluding carboxylic acids is 4. The number of rotatable bonds is 24. The fourth-order valence-electron chi connectivity index (χ4n) is 13.0. The highest BCUT2D eigenvalue weighted by Crippen LogP contribution is 2.67. The minimum Gasteiger partial charge on any atom is -0.462 e. The molecule has 4 N–H and O–H groups in total. The molecular weight excluding hydrogens is 1590 g/mol. The van der Waals surface area contributed by atoms with Gasteiger partial charge >= 0.3 is 23.9 Å². The van der Waals surface area contributed by atoms with Gasteiger partial charge in [-0.05, 0) is 289 Å². The Labute approximate surface area is 511 Å². The molecule has 4 aliphatic rings. The van der Waals surface area contributed by atoms with E-state index in [0.717, 1.165) is 114 Å². The SMILES string of the molecule is CC(C)CCC[C@@H](C)[C@H]1CCC2C3CC=C4C[C@@H](OC(=O)CCC(=O)OC(COC(=O)CCCCc5c(I)cc(I)c(N)c5I)COC(=O)CCCCc5c(I)cc(I)c(N)c5I)CC[C@]4(C)C3CC[C@@]21C. The van der Waals surface area contributed by atoms with E-state index in [2.05, 4.69) is 188 Å². The molecule has 6 rings (SSSR count). The third-order valence-electron chi connectivity index (χ3n) is 17.0. The van der Waals surface area contributed by atoms with Crippen molar-refractivity contribution < 1.29 is 38.1 Å². The molecule has 16 heteroatoms. The van der Waals surface area contributed by atoms with E-state index in [-0.39, 0.29) is 50.4 Å². The molecule has 4 aliphatic carbocycles. The van der Waals surface area contributed by atoms with Gasteiger partial charge in [0, 0.05) is 40.7 Å². The van der Waals surface area contributed by atoms with Crippen molar-refractivity contribution in [3.63, 3.8) is 0 Å². The van der Waals surface area contributed by atoms with Gasteiger partial charge in [0.05, 0.1) is 24.2 Å². The van der Waals surface area contributed by atoms with Crippen molar-refractivity contribution >= 4 is 171 Å². The topological polar surface area (TPSA) is 157 Å². The fourth-order valence-corrected chi connectivity index (χ4v) is 20.8. The summed E-state index contributed by atoms with van der Waals surface area (Å²) in [6.45, 7) is 11.8. The lowest BCUT2D eigenvalue weighted by molar-refractivity contribution is -0.168. The second kappa shape index (κ2) is 28.3. The summed E-state index contributed by atoms with van der Waals surface area (Å²) in [7, 11) is 0. The molecule has 3 saturated carbocycles. The highest BCUT2D eigenvalue weighted by molar-refractivity contribution is 14.1. The van der Waals surface area contributed by atoms with E-state index in [0.29, 0.717) is 24.2 Å². The number of hydrogen-bond acceptors (Lipinski definition) is 10. The van der Waals surface area contributed by atoms with Gasteiger partial charge in [-0.3, -0.25) is 19.2 Å². The number of nitrogens with two attached hydrogens (primary N) is 2. The van der Waals surface area contributed by atoms with E-state index >= 15 is 0 Å². The van der Waals surface area contributed by atoms with Crippen LogP contribution in [0.15, 0.2) is 23.8 Å². The summed E-state index contributed by atoms with van der Waals surface area (Å²) in [5.41, 5.74) is 18.5. The van der Waals surface area contributed by atoms with Crippen LogP contribution in [0.25, 0.3) is 0 Å². The first kappa shape index (κ1) is 61.3. The molecule has 2 aromatic rings. The zero-order valence-corrected chi connectivity index (χ0v) is 55.7. The second-order valence-corrected chi connectivity index (χ2v) is 28.9. The minimum atomic E-state index is -1.03. The molecule has 0 spiro atoms. The Balaban J connectivity index is 0.971. The van der Waals surface area contributed by atoms with E-state index in [1.54, 1.807) is 0 Å². The van der Waals surface area contributed by atoms with Crippen molar-refractivity contribution in [2.24, 2.45) is 46.3 Å². The number of nitrogen functional groups attached to an aromatic ring is 2. The molecule has 72 heavy (non-hydrogen) atoms. The maximum atomic E-state index is 13.3. The number of halogens is 6. The predicted octanol–water partition coefficient (Wildman–Crippen LogP) is 15.3. The molecule has 0 bridgehead atoms. The average molecular weight is 1670 g/mol. The van der Waals surface area contributed by atoms with Gasteiger partial charge in [0.25, 0.3) is 0 Å². The zero-order valence-electron chi connectivity index (χ0n) is 42.8. The Morgan fingerprint density at radius 3 is 1.79 bits per heavy atom. The summed E-state index contributed by atoms with van der Waals surface area (Å²) in [5, 5.41) is 0. The molecule has 0 amide bonds. The van der Waals surface area contributed by atoms with Crippen LogP contribution in [0.3, 0.4) is 0 Å². The zero-order chi connectivity index (χ0) is 52.5. The summed E-state index contributed by atoms with van der Waals surface area (Å²) in [4.78, 5) is 52.5. The summed E-state index contributed by atoms with van der Waals surface area (Å²) in [5.74, 6) is 2.67. The van der Waals surface area contributed by atoms with E-state index < -0.39 is 30.0 Å².